The number of morpholine rings is 1. The summed E-state index contributed by atoms with van der Waals surface area (Å²) in [6, 6.07) is 39.5. The van der Waals surface area contributed by atoms with Crippen LogP contribution < -0.4 is 38.2 Å². The molecule has 4 aromatic heterocycles. The van der Waals surface area contributed by atoms with Gasteiger partial charge in [-0.3, -0.25) is 49.4 Å². The largest absolute Gasteiger partial charge is 0.493 e. The van der Waals surface area contributed by atoms with E-state index in [1.165, 1.54) is 77.2 Å². The predicted molar refractivity (Wildman–Crippen MR) is 518 cm³/mol. The average Bonchev–Trinajstić information content (AvgIpc) is 1.59. The van der Waals surface area contributed by atoms with E-state index >= 15 is 0 Å². The summed E-state index contributed by atoms with van der Waals surface area (Å²) < 4.78 is 90.8. The number of nitro groups is 2. The van der Waals surface area contributed by atoms with Gasteiger partial charge in [-0.2, -0.15) is 0 Å². The number of nitro benzene ring substituents is 2. The molecule has 19 rings (SSSR count). The standard InChI is InChI=1S/C52H61ClN8O7S.C48H54ClN7O8S/c1-34-30-58(19-22-60(34)40-5-4-6-40)31-35-23-45-47(61(63)64)26-43(27-48(45)67-33-35)69(65,66)56-51(62)44-12-11-41(25-49(44)68-42-24-37-14-16-54-50(37)55-29-42)59-20-17-57(18-21-59)32-38-13-15-52(2,3)28-46(38)36-7-9-39(53)10-8-36;1-31-27-54(18-19-62-31)28-32-20-41-43(56(58)59)23-39(24-44(41)63-30-32)65(60,61)52-47(57)40-9-8-37(22-45(40)64-38-21-34-11-13-50-46(34)51-26-38)55-16-14-53(15-17-55)29-35-10-12-48(2,3)25-42(35)33-4-6-36(49)7-5-33/h7-12,14,16,24-27,29,34-35,40H,4-6,13,15,17-23,28,30-33H2,1-3H3,(H,54,55)(H,56,62);4-9,11,13,21-24,26,31-32H,10,12,14-20,25,27-30H2,1-3H3,(H,50,51)(H,52,57)/t34-,35-;31-,32-/m11/s1. The van der Waals surface area contributed by atoms with Crippen molar-refractivity contribution in [3.05, 3.63) is 233 Å². The highest BCUT2D eigenvalue weighted by molar-refractivity contribution is 7.90. The van der Waals surface area contributed by atoms with E-state index in [0.29, 0.717) is 78.6 Å². The van der Waals surface area contributed by atoms with Gasteiger partial charge in [0.25, 0.3) is 43.2 Å². The average molecular weight is 1900 g/mol. The van der Waals surface area contributed by atoms with E-state index in [4.69, 9.17) is 46.9 Å². The molecule has 5 fully saturated rings. The van der Waals surface area contributed by atoms with E-state index < -0.39 is 51.5 Å². The first-order chi connectivity index (χ1) is 64.3. The van der Waals surface area contributed by atoms with Gasteiger partial charge in [-0.25, -0.2) is 36.2 Å². The Hall–Kier alpha value is -11.0. The lowest BCUT2D eigenvalue weighted by Gasteiger charge is -2.47. The van der Waals surface area contributed by atoms with Gasteiger partial charge in [0.15, 0.2) is 0 Å². The fraction of sp³-hybridized carbons (Fsp3) is 0.440. The summed E-state index contributed by atoms with van der Waals surface area (Å²) in [6.07, 6.45) is 17.6. The molecule has 0 bridgehead atoms. The summed E-state index contributed by atoms with van der Waals surface area (Å²) in [5, 5.41) is 28.0. The van der Waals surface area contributed by atoms with Crippen LogP contribution >= 0.6 is 23.2 Å². The molecule has 4 saturated heterocycles. The Kier molecular flexibility index (Phi) is 27.4. The number of benzene rings is 6. The molecule has 10 heterocycles. The lowest BCUT2D eigenvalue weighted by molar-refractivity contribution is -0.386. The minimum Gasteiger partial charge on any atom is -0.493 e. The molecule has 6 aromatic carbocycles. The normalized spacial score (nSPS) is 21.1. The predicted octanol–water partition coefficient (Wildman–Crippen LogP) is 17.0. The number of carbonyl (C=O) groups excluding carboxylic acids is 2. The molecule has 2 amide bonds. The first-order valence-corrected chi connectivity index (χ1v) is 50.3. The summed E-state index contributed by atoms with van der Waals surface area (Å²) >= 11 is 12.5. The second kappa shape index (κ2) is 39.3. The zero-order valence-electron chi connectivity index (χ0n) is 76.4. The fourth-order valence-electron chi connectivity index (χ4n) is 20.6. The maximum absolute atomic E-state index is 14.2. The minimum absolute atomic E-state index is 0.000219. The number of piperazine rings is 3. The van der Waals surface area contributed by atoms with Crippen molar-refractivity contribution in [1.82, 2.24) is 53.9 Å². The van der Waals surface area contributed by atoms with E-state index in [9.17, 15) is 46.7 Å². The topological polar surface area (TPSA) is 339 Å². The molecule has 6 aliphatic heterocycles. The number of anilines is 2. The van der Waals surface area contributed by atoms with Crippen LogP contribution in [0.15, 0.2) is 179 Å². The molecule has 0 unspecified atom stereocenters. The lowest BCUT2D eigenvalue weighted by atomic mass is 9.72. The van der Waals surface area contributed by atoms with Gasteiger partial charge in [-0.05, 0) is 184 Å². The van der Waals surface area contributed by atoms with Gasteiger partial charge in [0.2, 0.25) is 0 Å². The van der Waals surface area contributed by atoms with Crippen molar-refractivity contribution in [2.24, 2.45) is 22.7 Å². The number of fused-ring (bicyclic) bond motifs is 4. The maximum Gasteiger partial charge on any atom is 0.277 e. The number of nitrogens with one attached hydrogen (secondary N) is 4. The van der Waals surface area contributed by atoms with Crippen LogP contribution in [-0.2, 0) is 37.6 Å². The number of carbonyl (C=O) groups is 2. The number of rotatable bonds is 25. The Labute approximate surface area is 791 Å². The second-order valence-electron chi connectivity index (χ2n) is 39.0. The van der Waals surface area contributed by atoms with Gasteiger partial charge in [0.1, 0.15) is 45.8 Å². The number of sulfonamides is 2. The van der Waals surface area contributed by atoms with E-state index in [1.54, 1.807) is 60.9 Å². The number of aromatic amines is 2. The van der Waals surface area contributed by atoms with Crippen LogP contribution in [0.3, 0.4) is 0 Å². The number of nitrogens with zero attached hydrogens (tertiary/aromatic N) is 11. The lowest BCUT2D eigenvalue weighted by Crippen LogP contribution is -2.57. The Morgan fingerprint density at radius 3 is 1.40 bits per heavy atom. The zero-order chi connectivity index (χ0) is 93.5. The Morgan fingerprint density at radius 1 is 0.545 bits per heavy atom. The molecule has 0 radical (unpaired) electrons. The quantitative estimate of drug-likeness (QED) is 0.0305. The van der Waals surface area contributed by atoms with Crippen molar-refractivity contribution >= 4 is 111 Å². The SMILES string of the molecule is C[C@@H]1CN(C[C@@H]2COc3cc(S(=O)(=O)NC(=O)c4ccc(N5CCN(CC6=C(c7ccc(Cl)cc7)CC(C)(C)CC6)CC5)cc4Oc4cnc5[nH]ccc5c4)cc([N+](=O)[O-])c3C2)CCN1C1CCC1.C[C@@H]1CN(C[C@@H]2COc3cc(S(=O)(=O)NC(=O)c4ccc(N5CCN(CC6=C(c7ccc(Cl)cc7)CC(C)(C)CC6)CC5)cc4Oc4cnc5[nH]ccc5c4)cc([N+](=O)[O-])c3C2)CCO1. The molecule has 10 aromatic rings. The van der Waals surface area contributed by atoms with Gasteiger partial charge >= 0.3 is 0 Å². The number of ether oxygens (including phenoxy) is 5. The van der Waals surface area contributed by atoms with Crippen molar-refractivity contribution in [3.8, 4) is 34.5 Å². The molecule has 3 aliphatic carbocycles. The summed E-state index contributed by atoms with van der Waals surface area (Å²) in [5.74, 6) is -0.746. The number of halogens is 2. The van der Waals surface area contributed by atoms with Crippen molar-refractivity contribution in [2.45, 2.75) is 140 Å². The molecule has 134 heavy (non-hydrogen) atoms. The maximum atomic E-state index is 14.2. The molecule has 0 spiro atoms. The van der Waals surface area contributed by atoms with E-state index in [-0.39, 0.29) is 80.9 Å². The fourth-order valence-corrected chi connectivity index (χ4v) is 22.8. The van der Waals surface area contributed by atoms with Crippen LogP contribution in [-0.4, -0.2) is 232 Å². The van der Waals surface area contributed by atoms with Gasteiger partial charge in [-0.1, -0.05) is 92.7 Å². The second-order valence-corrected chi connectivity index (χ2v) is 43.2. The highest BCUT2D eigenvalue weighted by Crippen LogP contribution is 2.48. The van der Waals surface area contributed by atoms with Crippen molar-refractivity contribution in [2.75, 3.05) is 141 Å². The summed E-state index contributed by atoms with van der Waals surface area (Å²) in [6.45, 7) is 28.5. The molecular formula is C100H115Cl2N15O15S2. The van der Waals surface area contributed by atoms with Crippen molar-refractivity contribution in [3.63, 3.8) is 0 Å². The van der Waals surface area contributed by atoms with Crippen LogP contribution in [0.4, 0.5) is 22.7 Å². The Balaban J connectivity index is 0.000000179. The van der Waals surface area contributed by atoms with Crippen LogP contribution in [0.5, 0.6) is 34.5 Å². The Morgan fingerprint density at radius 2 is 0.985 bits per heavy atom. The van der Waals surface area contributed by atoms with Crippen molar-refractivity contribution < 1.29 is 60.0 Å². The van der Waals surface area contributed by atoms with Crippen LogP contribution in [0.1, 0.15) is 142 Å². The van der Waals surface area contributed by atoms with Crippen LogP contribution in [0.25, 0.3) is 33.2 Å². The van der Waals surface area contributed by atoms with Gasteiger partial charge in [-0.15, -0.1) is 0 Å². The van der Waals surface area contributed by atoms with Crippen LogP contribution in [0, 0.1) is 42.9 Å². The van der Waals surface area contributed by atoms with Gasteiger partial charge in [0, 0.05) is 216 Å². The number of hydrogen-bond donors (Lipinski definition) is 4. The third-order valence-corrected chi connectivity index (χ3v) is 31.2. The Bertz CT molecular complexity index is 6410. The molecular weight excluding hydrogens is 1790 g/mol. The van der Waals surface area contributed by atoms with Crippen LogP contribution in [0.2, 0.25) is 10.0 Å². The number of pyridine rings is 2. The zero-order valence-corrected chi connectivity index (χ0v) is 79.6. The summed E-state index contributed by atoms with van der Waals surface area (Å²) in [5.41, 5.74) is 11.5. The number of amides is 2. The van der Waals surface area contributed by atoms with Gasteiger partial charge in [0.05, 0.1) is 80.2 Å². The summed E-state index contributed by atoms with van der Waals surface area (Å²) in [4.78, 5) is 82.8. The highest BCUT2D eigenvalue weighted by atomic mass is 35.5. The van der Waals surface area contributed by atoms with E-state index in [2.05, 4.69) is 123 Å². The monoisotopic (exact) mass is 1900 g/mol. The first-order valence-electron chi connectivity index (χ1n) is 46.5. The van der Waals surface area contributed by atoms with E-state index in [1.807, 2.05) is 43.3 Å². The first kappa shape index (κ1) is 93.4. The van der Waals surface area contributed by atoms with E-state index in [0.717, 1.165) is 188 Å². The van der Waals surface area contributed by atoms with Crippen molar-refractivity contribution in [1.29, 1.82) is 0 Å². The molecule has 30 nitrogen and oxygen atoms in total. The number of allylic oxidation sites excluding steroid dienone is 2. The number of H-pyrrole nitrogens is 2. The molecule has 9 aliphatic rings. The number of aromatic nitrogens is 4. The minimum atomic E-state index is -4.63. The van der Waals surface area contributed by atoms with Gasteiger partial charge < -0.3 is 48.4 Å². The molecule has 4 atom stereocenters. The highest BCUT2D eigenvalue weighted by Gasteiger charge is 2.40. The molecule has 706 valence electrons. The number of hydrogen-bond acceptors (Lipinski definition) is 24. The third-order valence-electron chi connectivity index (χ3n) is 28.1. The molecule has 34 heteroatoms. The molecule has 1 saturated carbocycles. The molecule has 4 N–H and O–H groups in total. The third kappa shape index (κ3) is 21.6. The smallest absolute Gasteiger partial charge is 0.277 e. The summed E-state index contributed by atoms with van der Waals surface area (Å²) in [7, 11) is -9.27.